The van der Waals surface area contributed by atoms with Gasteiger partial charge in [0.1, 0.15) is 17.9 Å². The summed E-state index contributed by atoms with van der Waals surface area (Å²) in [5, 5.41) is 42.0. The van der Waals surface area contributed by atoms with Crippen LogP contribution in [-0.4, -0.2) is 99.0 Å². The standard InChI is InChI=1S/C28H43NO2.C28H41NO2.C6H8O7/c2*1-16-11-25-26(29-15-16)18(3)28(31-25)10-8-21-22-6-5-19-12-20(30)7-9-27(19,4)24(22)13-23(21)17(2)14-28;7-3(8)1-6(13,5(11)12)2-4(9)10/h16,18-19,21-22,24-26,29H,5-15H2,1-4H3;12,16,18,21-22,24-26,29H,5-11,13-15H2,1-4H3;13H,1-2H2,(H,7,8)(H,9,10)(H,11,12)/t16-,18+,19+,21-,22-,24-,25+,26-,27-,28-;16-,18+,21-,22-,24-,25+,26-,27-,28-;/m00./s1. The first-order valence-electron chi connectivity index (χ1n) is 29.8. The van der Waals surface area contributed by atoms with Crippen molar-refractivity contribution in [2.24, 2.45) is 75.9 Å². The van der Waals surface area contributed by atoms with E-state index in [4.69, 9.17) is 24.8 Å². The smallest absolute Gasteiger partial charge is 0.336 e. The molecule has 75 heavy (non-hydrogen) atoms. The summed E-state index contributed by atoms with van der Waals surface area (Å²) in [6.45, 7) is 22.1. The van der Waals surface area contributed by atoms with Gasteiger partial charge >= 0.3 is 11.9 Å². The molecule has 416 valence electrons. The number of aliphatic hydroxyl groups is 1. The normalized spacial score (nSPS) is 46.3. The van der Waals surface area contributed by atoms with Crippen LogP contribution in [0.4, 0.5) is 0 Å². The van der Waals surface area contributed by atoms with Crippen molar-refractivity contribution in [2.75, 3.05) is 13.1 Å². The van der Waals surface area contributed by atoms with E-state index in [1.807, 2.05) is 11.6 Å². The fourth-order valence-electron chi connectivity index (χ4n) is 19.6. The molecule has 0 aromatic carbocycles. The Morgan fingerprint density at radius 2 is 1.39 bits per heavy atom. The SMILES string of the molecule is CC1=C2C[C@H]3[C@@H](CCC4=CC(=O)CC[C@@]43C)[C@@H]2CC[C@@]2(C1)O[C@@H]1C[C@H](C)CN[C@H]1[C@H]2C.CC1=C2C[C@H]3[C@@H](CC[C@@H]4CC(=O)CC[C@@]43C)[C@@H]2CC[C@@]2(C1)O[C@@H]1C[C@H](C)C[NH2+][C@H]1[C@H]2C.O=C([O-])CC(O)(CC(=O)O)C(=O)O. The van der Waals surface area contributed by atoms with E-state index in [0.717, 1.165) is 98.8 Å². The van der Waals surface area contributed by atoms with Crippen molar-refractivity contribution in [1.82, 2.24) is 5.32 Å². The second kappa shape index (κ2) is 20.5. The van der Waals surface area contributed by atoms with Gasteiger partial charge in [0, 0.05) is 55.4 Å². The summed E-state index contributed by atoms with van der Waals surface area (Å²) in [6.07, 6.45) is 22.8. The molecule has 0 radical (unpaired) electrons. The Hall–Kier alpha value is -3.23. The Labute approximate surface area is 446 Å². The molecule has 13 heteroatoms. The van der Waals surface area contributed by atoms with Gasteiger partial charge in [-0.25, -0.2) is 4.79 Å². The lowest BCUT2D eigenvalue weighted by Gasteiger charge is -2.52. The molecule has 12 rings (SSSR count). The van der Waals surface area contributed by atoms with Crippen LogP contribution in [0.5, 0.6) is 0 Å². The Kier molecular flexibility index (Phi) is 15.0. The van der Waals surface area contributed by atoms with Gasteiger partial charge in [0.15, 0.2) is 11.4 Å². The van der Waals surface area contributed by atoms with Crippen molar-refractivity contribution in [3.8, 4) is 0 Å². The Morgan fingerprint density at radius 1 is 0.760 bits per heavy atom. The number of hydrogen-bond donors (Lipinski definition) is 5. The maximum atomic E-state index is 12.2. The number of piperidine rings is 2. The topological polar surface area (TPSA) is 216 Å². The largest absolute Gasteiger partial charge is 0.550 e. The molecule has 4 aliphatic heterocycles. The fourth-order valence-corrected chi connectivity index (χ4v) is 19.6. The van der Waals surface area contributed by atoms with Crippen molar-refractivity contribution in [3.63, 3.8) is 0 Å². The number of nitrogens with one attached hydrogen (secondary N) is 1. The van der Waals surface area contributed by atoms with Crippen LogP contribution in [0.15, 0.2) is 33.9 Å². The number of nitrogens with two attached hydrogens (primary N) is 1. The van der Waals surface area contributed by atoms with Crippen molar-refractivity contribution < 1.29 is 59.2 Å². The number of carboxylic acid groups (broad SMARTS) is 3. The molecule has 13 nitrogen and oxygen atoms in total. The Morgan fingerprint density at radius 3 is 2.04 bits per heavy atom. The van der Waals surface area contributed by atoms with Crippen LogP contribution in [0.3, 0.4) is 0 Å². The minimum Gasteiger partial charge on any atom is -0.550 e. The summed E-state index contributed by atoms with van der Waals surface area (Å²) in [7, 11) is 0. The molecule has 2 spiro atoms. The zero-order valence-corrected chi connectivity index (χ0v) is 46.7. The molecular formula is C62H92N2O11. The van der Waals surface area contributed by atoms with Gasteiger partial charge in [0.2, 0.25) is 0 Å². The number of allylic oxidation sites excluding steroid dienone is 4. The van der Waals surface area contributed by atoms with E-state index in [2.05, 4.69) is 66.0 Å². The maximum absolute atomic E-state index is 12.2. The van der Waals surface area contributed by atoms with E-state index in [9.17, 15) is 29.1 Å². The van der Waals surface area contributed by atoms with Crippen LogP contribution >= 0.6 is 0 Å². The van der Waals surface area contributed by atoms with Crippen LogP contribution in [0.2, 0.25) is 0 Å². The summed E-state index contributed by atoms with van der Waals surface area (Å²) < 4.78 is 14.0. The minimum absolute atomic E-state index is 0.0458. The minimum atomic E-state index is -2.80. The number of Topliss-reactive ketones (excluding diaryl/α,β-unsaturated/α-hetero) is 1. The second-order valence-electron chi connectivity index (χ2n) is 28.0. The molecule has 6 N–H and O–H groups in total. The van der Waals surface area contributed by atoms with E-state index in [1.165, 1.54) is 89.2 Å². The maximum Gasteiger partial charge on any atom is 0.336 e. The van der Waals surface area contributed by atoms with Gasteiger partial charge < -0.3 is 45.3 Å². The van der Waals surface area contributed by atoms with Crippen molar-refractivity contribution in [2.45, 2.75) is 231 Å². The molecule has 0 amide bonds. The van der Waals surface area contributed by atoms with Crippen molar-refractivity contribution in [1.29, 1.82) is 0 Å². The molecule has 5 saturated carbocycles. The van der Waals surface area contributed by atoms with E-state index < -0.39 is 36.4 Å². The van der Waals surface area contributed by atoms with Crippen LogP contribution in [0, 0.1) is 75.9 Å². The summed E-state index contributed by atoms with van der Waals surface area (Å²) in [5.74, 6) is 3.77. The molecule has 12 aliphatic rings. The highest BCUT2D eigenvalue weighted by atomic mass is 16.5. The number of carbonyl (C=O) groups is 5. The Bertz CT molecular complexity index is 2380. The van der Waals surface area contributed by atoms with E-state index in [0.29, 0.717) is 59.0 Å². The van der Waals surface area contributed by atoms with E-state index in [-0.39, 0.29) is 16.6 Å². The monoisotopic (exact) mass is 1040 g/mol. The molecule has 0 aromatic rings. The third kappa shape index (κ3) is 9.80. The van der Waals surface area contributed by atoms with Gasteiger partial charge in [-0.1, -0.05) is 69.4 Å². The van der Waals surface area contributed by atoms with Crippen LogP contribution in [0.1, 0.15) is 190 Å². The first-order valence-corrected chi connectivity index (χ1v) is 29.8. The quantitative estimate of drug-likeness (QED) is 0.168. The van der Waals surface area contributed by atoms with Gasteiger partial charge in [-0.05, 0) is 187 Å². The number of hydrogen-bond acceptors (Lipinski definition) is 10. The molecule has 4 saturated heterocycles. The van der Waals surface area contributed by atoms with E-state index >= 15 is 0 Å². The molecule has 4 heterocycles. The van der Waals surface area contributed by atoms with Gasteiger partial charge in [0.25, 0.3) is 0 Å². The third-order valence-corrected chi connectivity index (χ3v) is 23.8. The highest BCUT2D eigenvalue weighted by Gasteiger charge is 2.62. The average molecular weight is 1040 g/mol. The lowest BCUT2D eigenvalue weighted by atomic mass is 9.52. The highest BCUT2D eigenvalue weighted by Crippen LogP contribution is 2.66. The number of ether oxygens (including phenoxy) is 2. The fraction of sp³-hybridized carbons (Fsp3) is 0.823. The molecule has 20 atom stereocenters. The number of aliphatic carboxylic acids is 3. The summed E-state index contributed by atoms with van der Waals surface area (Å²) >= 11 is 0. The molecule has 1 unspecified atom stereocenters. The highest BCUT2D eigenvalue weighted by molar-refractivity contribution is 5.91. The third-order valence-electron chi connectivity index (χ3n) is 23.8. The lowest BCUT2D eigenvalue weighted by molar-refractivity contribution is -0.710. The number of fused-ring (bicyclic) bond motifs is 12. The van der Waals surface area contributed by atoms with Crippen LogP contribution in [-0.2, 0) is 33.4 Å². The first kappa shape index (κ1) is 55.1. The molecule has 0 aromatic heterocycles. The second-order valence-corrected chi connectivity index (χ2v) is 28.0. The predicted molar refractivity (Wildman–Crippen MR) is 281 cm³/mol. The first-order chi connectivity index (χ1) is 35.4. The Balaban J connectivity index is 0.000000140. The van der Waals surface area contributed by atoms with Crippen molar-refractivity contribution >= 4 is 29.5 Å². The number of rotatable bonds is 5. The number of carboxylic acids is 3. The summed E-state index contributed by atoms with van der Waals surface area (Å²) in [6, 6.07) is 1.22. The van der Waals surface area contributed by atoms with Gasteiger partial charge in [0.05, 0.1) is 30.3 Å². The van der Waals surface area contributed by atoms with Crippen LogP contribution < -0.4 is 15.7 Å². The van der Waals surface area contributed by atoms with Crippen LogP contribution in [0.25, 0.3) is 0 Å². The zero-order chi connectivity index (χ0) is 53.7. The zero-order valence-electron chi connectivity index (χ0n) is 46.7. The molecule has 0 bridgehead atoms. The lowest BCUT2D eigenvalue weighted by Crippen LogP contribution is -2.96. The van der Waals surface area contributed by atoms with Gasteiger partial charge in [-0.2, -0.15) is 0 Å². The number of ketones is 2. The predicted octanol–water partition coefficient (Wildman–Crippen LogP) is 7.67. The summed E-state index contributed by atoms with van der Waals surface area (Å²) in [5.41, 5.74) is 6.44. The summed E-state index contributed by atoms with van der Waals surface area (Å²) in [4.78, 5) is 54.6. The average Bonchev–Trinajstić information content (AvgIpc) is 4.01. The number of quaternary nitrogens is 1. The van der Waals surface area contributed by atoms with Crippen molar-refractivity contribution in [3.05, 3.63) is 33.9 Å². The molecule has 9 fully saturated rings. The molecule has 8 aliphatic carbocycles. The van der Waals surface area contributed by atoms with Gasteiger partial charge in [-0.15, -0.1) is 0 Å². The van der Waals surface area contributed by atoms with Gasteiger partial charge in [-0.3, -0.25) is 14.4 Å². The van der Waals surface area contributed by atoms with E-state index in [1.54, 1.807) is 16.7 Å². The molecular weight excluding hydrogens is 949 g/mol. The number of carbonyl (C=O) groups excluding carboxylic acids is 3.